The van der Waals surface area contributed by atoms with E-state index in [0.717, 1.165) is 16.5 Å². The molecule has 21 heavy (non-hydrogen) atoms. The van der Waals surface area contributed by atoms with Crippen molar-refractivity contribution < 1.29 is 14.4 Å². The Morgan fingerprint density at radius 1 is 1.33 bits per heavy atom. The molecule has 3 aromatic rings. The zero-order valence-corrected chi connectivity index (χ0v) is 11.6. The Bertz CT molecular complexity index is 742. The third-order valence-electron chi connectivity index (χ3n) is 3.10. The lowest BCUT2D eigenvalue weighted by Crippen LogP contribution is -2.17. The molecule has 0 fully saturated rings. The van der Waals surface area contributed by atoms with Gasteiger partial charge in [0.1, 0.15) is 0 Å². The number of hydrogen-bond acceptors (Lipinski definition) is 6. The average Bonchev–Trinajstić information content (AvgIpc) is 2.95. The number of methoxy groups -OCH3 is 1. The molecule has 2 heterocycles. The molecule has 108 valence electrons. The molecule has 0 amide bonds. The number of ether oxygens (including phenoxy) is 1. The number of aromatic nitrogens is 3. The SMILES string of the molecule is COCC(O)Cc1nc(-c2ccc3ncccc3c2)no1. The smallest absolute Gasteiger partial charge is 0.229 e. The lowest BCUT2D eigenvalue weighted by Gasteiger charge is -2.04. The Morgan fingerprint density at radius 3 is 3.10 bits per heavy atom. The fraction of sp³-hybridized carbons (Fsp3) is 0.267. The van der Waals surface area contributed by atoms with E-state index < -0.39 is 6.10 Å². The molecule has 0 bridgehead atoms. The van der Waals surface area contributed by atoms with Crippen molar-refractivity contribution in [1.82, 2.24) is 15.1 Å². The Hall–Kier alpha value is -2.31. The molecule has 0 spiro atoms. The molecule has 1 N–H and O–H groups in total. The van der Waals surface area contributed by atoms with Crippen molar-refractivity contribution in [3.8, 4) is 11.4 Å². The van der Waals surface area contributed by atoms with Crippen molar-refractivity contribution >= 4 is 10.9 Å². The summed E-state index contributed by atoms with van der Waals surface area (Å²) in [6, 6.07) is 9.64. The van der Waals surface area contributed by atoms with Crippen molar-refractivity contribution in [3.05, 3.63) is 42.4 Å². The summed E-state index contributed by atoms with van der Waals surface area (Å²) in [5.74, 6) is 0.890. The molecule has 6 nitrogen and oxygen atoms in total. The first-order chi connectivity index (χ1) is 10.3. The van der Waals surface area contributed by atoms with Gasteiger partial charge in [0, 0.05) is 24.3 Å². The van der Waals surface area contributed by atoms with E-state index >= 15 is 0 Å². The number of rotatable bonds is 5. The molecular formula is C15H15N3O3. The lowest BCUT2D eigenvalue weighted by molar-refractivity contribution is 0.0599. The standard InChI is InChI=1S/C15H15N3O3/c1-20-9-12(19)8-14-17-15(18-21-14)11-4-5-13-10(7-11)3-2-6-16-13/h2-7,12,19H,8-9H2,1H3. The van der Waals surface area contributed by atoms with Crippen molar-refractivity contribution in [2.24, 2.45) is 0 Å². The Labute approximate surface area is 121 Å². The monoisotopic (exact) mass is 285 g/mol. The summed E-state index contributed by atoms with van der Waals surface area (Å²) in [7, 11) is 1.53. The van der Waals surface area contributed by atoms with Crippen LogP contribution < -0.4 is 0 Å². The maximum absolute atomic E-state index is 9.66. The number of aliphatic hydroxyl groups is 1. The van der Waals surface area contributed by atoms with Gasteiger partial charge in [-0.25, -0.2) is 0 Å². The summed E-state index contributed by atoms with van der Waals surface area (Å²) in [4.78, 5) is 8.57. The lowest BCUT2D eigenvalue weighted by atomic mass is 10.1. The van der Waals surface area contributed by atoms with Crippen LogP contribution in [0.15, 0.2) is 41.1 Å². The van der Waals surface area contributed by atoms with E-state index in [-0.39, 0.29) is 13.0 Å². The normalized spacial score (nSPS) is 12.7. The van der Waals surface area contributed by atoms with Crippen LogP contribution in [-0.4, -0.2) is 40.1 Å². The fourth-order valence-corrected chi connectivity index (χ4v) is 2.12. The summed E-state index contributed by atoms with van der Waals surface area (Å²) < 4.78 is 10.0. The number of fused-ring (bicyclic) bond motifs is 1. The van der Waals surface area contributed by atoms with Gasteiger partial charge in [-0.1, -0.05) is 11.2 Å². The predicted molar refractivity (Wildman–Crippen MR) is 76.6 cm³/mol. The molecule has 1 atom stereocenters. The Balaban J connectivity index is 1.84. The third-order valence-corrected chi connectivity index (χ3v) is 3.10. The van der Waals surface area contributed by atoms with Crippen LogP contribution in [0.4, 0.5) is 0 Å². The number of hydrogen-bond donors (Lipinski definition) is 1. The third kappa shape index (κ3) is 3.07. The van der Waals surface area contributed by atoms with Gasteiger partial charge in [-0.05, 0) is 24.3 Å². The molecule has 0 saturated carbocycles. The second kappa shape index (κ2) is 5.99. The molecule has 1 unspecified atom stereocenters. The van der Waals surface area contributed by atoms with Crippen molar-refractivity contribution in [2.75, 3.05) is 13.7 Å². The van der Waals surface area contributed by atoms with Gasteiger partial charge in [-0.3, -0.25) is 4.98 Å². The first-order valence-corrected chi connectivity index (χ1v) is 6.61. The average molecular weight is 285 g/mol. The molecule has 6 heteroatoms. The second-order valence-electron chi connectivity index (χ2n) is 4.74. The van der Waals surface area contributed by atoms with E-state index in [2.05, 4.69) is 15.1 Å². The number of nitrogens with zero attached hydrogens (tertiary/aromatic N) is 3. The molecule has 1 aromatic carbocycles. The topological polar surface area (TPSA) is 81.3 Å². The van der Waals surface area contributed by atoms with Crippen LogP contribution in [0.25, 0.3) is 22.3 Å². The Kier molecular flexibility index (Phi) is 3.89. The zero-order valence-electron chi connectivity index (χ0n) is 11.6. The predicted octanol–water partition coefficient (Wildman–Crippen LogP) is 1.83. The van der Waals surface area contributed by atoms with E-state index in [1.54, 1.807) is 6.20 Å². The molecule has 3 rings (SSSR count). The first-order valence-electron chi connectivity index (χ1n) is 6.61. The minimum absolute atomic E-state index is 0.235. The highest BCUT2D eigenvalue weighted by atomic mass is 16.5. The van der Waals surface area contributed by atoms with E-state index in [9.17, 15) is 5.11 Å². The van der Waals surface area contributed by atoms with Gasteiger partial charge in [0.05, 0.1) is 24.6 Å². The van der Waals surface area contributed by atoms with Crippen LogP contribution in [0.1, 0.15) is 5.89 Å². The molecule has 0 saturated heterocycles. The minimum atomic E-state index is -0.649. The van der Waals surface area contributed by atoms with Crippen LogP contribution >= 0.6 is 0 Å². The van der Waals surface area contributed by atoms with Crippen LogP contribution in [-0.2, 0) is 11.2 Å². The van der Waals surface area contributed by atoms with Crippen LogP contribution in [0.5, 0.6) is 0 Å². The highest BCUT2D eigenvalue weighted by Gasteiger charge is 2.13. The van der Waals surface area contributed by atoms with Crippen LogP contribution in [0, 0.1) is 0 Å². The van der Waals surface area contributed by atoms with Gasteiger partial charge >= 0.3 is 0 Å². The highest BCUT2D eigenvalue weighted by Crippen LogP contribution is 2.21. The summed E-state index contributed by atoms with van der Waals surface area (Å²) in [5.41, 5.74) is 1.77. The largest absolute Gasteiger partial charge is 0.390 e. The summed E-state index contributed by atoms with van der Waals surface area (Å²) in [6.07, 6.45) is 1.38. The molecule has 0 aliphatic rings. The minimum Gasteiger partial charge on any atom is -0.390 e. The van der Waals surface area contributed by atoms with Gasteiger partial charge in [0.15, 0.2) is 0 Å². The molecule has 0 radical (unpaired) electrons. The fourth-order valence-electron chi connectivity index (χ4n) is 2.12. The molecular weight excluding hydrogens is 270 g/mol. The van der Waals surface area contributed by atoms with E-state index in [0.29, 0.717) is 11.7 Å². The van der Waals surface area contributed by atoms with Crippen molar-refractivity contribution in [1.29, 1.82) is 0 Å². The van der Waals surface area contributed by atoms with Crippen molar-refractivity contribution in [2.45, 2.75) is 12.5 Å². The number of pyridine rings is 1. The van der Waals surface area contributed by atoms with E-state index in [4.69, 9.17) is 9.26 Å². The zero-order chi connectivity index (χ0) is 14.7. The summed E-state index contributed by atoms with van der Waals surface area (Å²) in [5, 5.41) is 14.6. The van der Waals surface area contributed by atoms with Crippen LogP contribution in [0.3, 0.4) is 0 Å². The summed E-state index contributed by atoms with van der Waals surface area (Å²) in [6.45, 7) is 0.235. The summed E-state index contributed by atoms with van der Waals surface area (Å²) >= 11 is 0. The number of aliphatic hydroxyl groups excluding tert-OH is 1. The van der Waals surface area contributed by atoms with Crippen LogP contribution in [0.2, 0.25) is 0 Å². The van der Waals surface area contributed by atoms with Gasteiger partial charge in [-0.15, -0.1) is 0 Å². The Morgan fingerprint density at radius 2 is 2.24 bits per heavy atom. The maximum atomic E-state index is 9.66. The van der Waals surface area contributed by atoms with Gasteiger partial charge < -0.3 is 14.4 Å². The number of benzene rings is 1. The second-order valence-corrected chi connectivity index (χ2v) is 4.74. The molecule has 0 aliphatic carbocycles. The first kappa shape index (κ1) is 13.7. The van der Waals surface area contributed by atoms with Gasteiger partial charge in [-0.2, -0.15) is 4.98 Å². The van der Waals surface area contributed by atoms with Crippen molar-refractivity contribution in [3.63, 3.8) is 0 Å². The molecule has 0 aliphatic heterocycles. The quantitative estimate of drug-likeness (QED) is 0.770. The van der Waals surface area contributed by atoms with Gasteiger partial charge in [0.25, 0.3) is 0 Å². The van der Waals surface area contributed by atoms with E-state index in [1.165, 1.54) is 7.11 Å². The van der Waals surface area contributed by atoms with Gasteiger partial charge in [0.2, 0.25) is 11.7 Å². The van der Waals surface area contributed by atoms with E-state index in [1.807, 2.05) is 30.3 Å². The molecule has 2 aromatic heterocycles. The maximum Gasteiger partial charge on any atom is 0.229 e. The highest BCUT2D eigenvalue weighted by molar-refractivity contribution is 5.82.